The molecule has 0 aliphatic carbocycles. The summed E-state index contributed by atoms with van der Waals surface area (Å²) in [7, 11) is 0. The molecule has 0 radical (unpaired) electrons. The van der Waals surface area contributed by atoms with Gasteiger partial charge in [0.05, 0.1) is 12.6 Å². The molecule has 0 bridgehead atoms. The van der Waals surface area contributed by atoms with Crippen molar-refractivity contribution in [3.05, 3.63) is 36.3 Å². The van der Waals surface area contributed by atoms with Crippen molar-refractivity contribution in [1.29, 1.82) is 0 Å². The summed E-state index contributed by atoms with van der Waals surface area (Å²) in [4.78, 5) is 22.2. The zero-order valence-corrected chi connectivity index (χ0v) is 20.3. The Balaban J connectivity index is 1.45. The second-order valence-electron chi connectivity index (χ2n) is 9.94. The van der Waals surface area contributed by atoms with Crippen molar-refractivity contribution in [2.24, 2.45) is 0 Å². The molecule has 10 heteroatoms. The molecule has 5 heterocycles. The number of nitrogens with zero attached hydrogens (tertiary/aromatic N) is 6. The SMILES string of the molecule is C[C@@H]1CCN1c1ncc([C@@H](C)CO)c2cc(Nc3ccnc(N4CC[C@@H](O)[C@@](C)(F)C4)n3)ncc12. The predicted molar refractivity (Wildman–Crippen MR) is 134 cm³/mol. The second-order valence-corrected chi connectivity index (χ2v) is 9.94. The smallest absolute Gasteiger partial charge is 0.227 e. The number of pyridine rings is 2. The third kappa shape index (κ3) is 4.48. The number of hydrogen-bond donors (Lipinski definition) is 3. The fourth-order valence-electron chi connectivity index (χ4n) is 4.77. The minimum absolute atomic E-state index is 0.0224. The highest BCUT2D eigenvalue weighted by atomic mass is 19.1. The summed E-state index contributed by atoms with van der Waals surface area (Å²) in [5.41, 5.74) is -0.757. The monoisotopic (exact) mass is 481 g/mol. The average molecular weight is 482 g/mol. The molecule has 3 aromatic rings. The minimum atomic E-state index is -1.72. The Morgan fingerprint density at radius 3 is 2.69 bits per heavy atom. The quantitative estimate of drug-likeness (QED) is 0.489. The van der Waals surface area contributed by atoms with E-state index in [2.05, 4.69) is 32.1 Å². The van der Waals surface area contributed by atoms with Crippen LogP contribution in [0.25, 0.3) is 10.8 Å². The summed E-state index contributed by atoms with van der Waals surface area (Å²) in [6.07, 6.45) is 5.77. The lowest BCUT2D eigenvalue weighted by molar-refractivity contribution is -0.00860. The van der Waals surface area contributed by atoms with Crippen molar-refractivity contribution in [2.45, 2.75) is 57.3 Å². The lowest BCUT2D eigenvalue weighted by Crippen LogP contribution is -2.52. The molecule has 3 N–H and O–H groups in total. The summed E-state index contributed by atoms with van der Waals surface area (Å²) in [5.74, 6) is 2.39. The molecule has 2 saturated heterocycles. The van der Waals surface area contributed by atoms with Crippen molar-refractivity contribution in [3.63, 3.8) is 0 Å². The van der Waals surface area contributed by atoms with Crippen molar-refractivity contribution in [3.8, 4) is 0 Å². The van der Waals surface area contributed by atoms with E-state index in [0.29, 0.717) is 36.6 Å². The molecule has 0 aromatic carbocycles. The lowest BCUT2D eigenvalue weighted by Gasteiger charge is -2.40. The number of piperidine rings is 1. The summed E-state index contributed by atoms with van der Waals surface area (Å²) < 4.78 is 14.7. The third-order valence-electron chi connectivity index (χ3n) is 7.23. The topological polar surface area (TPSA) is 111 Å². The van der Waals surface area contributed by atoms with E-state index in [1.54, 1.807) is 17.2 Å². The number of alkyl halides is 1. The van der Waals surface area contributed by atoms with Gasteiger partial charge in [0.25, 0.3) is 0 Å². The zero-order valence-electron chi connectivity index (χ0n) is 20.3. The van der Waals surface area contributed by atoms with Crippen molar-refractivity contribution < 1.29 is 14.6 Å². The highest BCUT2D eigenvalue weighted by Gasteiger charge is 2.39. The molecule has 35 heavy (non-hydrogen) atoms. The maximum atomic E-state index is 14.7. The van der Waals surface area contributed by atoms with Crippen molar-refractivity contribution >= 4 is 34.2 Å². The first kappa shape index (κ1) is 23.6. The lowest BCUT2D eigenvalue weighted by atomic mass is 9.94. The van der Waals surface area contributed by atoms with Crippen LogP contribution >= 0.6 is 0 Å². The van der Waals surface area contributed by atoms with Crippen LogP contribution in [0.15, 0.2) is 30.7 Å². The summed E-state index contributed by atoms with van der Waals surface area (Å²) in [6.45, 7) is 7.05. The number of hydrogen-bond acceptors (Lipinski definition) is 9. The highest BCUT2D eigenvalue weighted by molar-refractivity contribution is 5.96. The van der Waals surface area contributed by atoms with Crippen LogP contribution in [-0.4, -0.2) is 74.2 Å². The van der Waals surface area contributed by atoms with Gasteiger partial charge in [-0.15, -0.1) is 0 Å². The molecule has 4 atom stereocenters. The number of aliphatic hydroxyl groups is 2. The highest BCUT2D eigenvalue weighted by Crippen LogP contribution is 2.36. The number of rotatable bonds is 6. The molecule has 0 saturated carbocycles. The van der Waals surface area contributed by atoms with Crippen LogP contribution < -0.4 is 15.1 Å². The minimum Gasteiger partial charge on any atom is -0.396 e. The Kier molecular flexibility index (Phi) is 6.18. The maximum Gasteiger partial charge on any atom is 0.227 e. The normalized spacial score (nSPS) is 25.4. The molecule has 0 amide bonds. The van der Waals surface area contributed by atoms with Crippen LogP contribution in [0.4, 0.5) is 27.8 Å². The number of halogens is 1. The van der Waals surface area contributed by atoms with Crippen LogP contribution in [-0.2, 0) is 0 Å². The van der Waals surface area contributed by atoms with E-state index in [4.69, 9.17) is 4.98 Å². The first-order valence-corrected chi connectivity index (χ1v) is 12.1. The molecule has 186 valence electrons. The Morgan fingerprint density at radius 1 is 1.17 bits per heavy atom. The van der Waals surface area contributed by atoms with Crippen molar-refractivity contribution in [1.82, 2.24) is 19.9 Å². The van der Waals surface area contributed by atoms with E-state index < -0.39 is 11.8 Å². The molecule has 0 spiro atoms. The Hall–Kier alpha value is -3.11. The number of anilines is 4. The molecular formula is C25H32FN7O2. The fraction of sp³-hybridized carbons (Fsp3) is 0.520. The van der Waals surface area contributed by atoms with E-state index >= 15 is 0 Å². The standard InChI is InChI=1S/C25H32FN7O2/c1-15(13-34)18-11-29-23(33-9-5-16(33)2)19-12-28-22(10-17(18)19)30-21-4-7-27-24(31-21)32-8-6-20(35)25(3,26)14-32/h4,7,10-12,15-16,20,34-35H,5-6,8-9,13-14H2,1-3H3,(H,27,28,30,31)/t15-,16+,20+,25-/m0/s1. The van der Waals surface area contributed by atoms with Crippen LogP contribution in [0.2, 0.25) is 0 Å². The molecule has 0 unspecified atom stereocenters. The van der Waals surface area contributed by atoms with Gasteiger partial charge in [-0.25, -0.2) is 19.3 Å². The number of fused-ring (bicyclic) bond motifs is 1. The van der Waals surface area contributed by atoms with Gasteiger partial charge < -0.3 is 25.3 Å². The predicted octanol–water partition coefficient (Wildman–Crippen LogP) is 3.16. The number of aromatic nitrogens is 4. The largest absolute Gasteiger partial charge is 0.396 e. The van der Waals surface area contributed by atoms with Crippen LogP contribution in [0.5, 0.6) is 0 Å². The van der Waals surface area contributed by atoms with Crippen LogP contribution in [0, 0.1) is 0 Å². The third-order valence-corrected chi connectivity index (χ3v) is 7.23. The molecule has 2 aliphatic rings. The van der Waals surface area contributed by atoms with Crippen LogP contribution in [0.3, 0.4) is 0 Å². The van der Waals surface area contributed by atoms with E-state index in [1.807, 2.05) is 25.4 Å². The van der Waals surface area contributed by atoms with Crippen LogP contribution in [0.1, 0.15) is 45.1 Å². The van der Waals surface area contributed by atoms with Gasteiger partial charge in [0.1, 0.15) is 17.5 Å². The van der Waals surface area contributed by atoms with Gasteiger partial charge in [-0.1, -0.05) is 6.92 Å². The van der Waals surface area contributed by atoms with E-state index in [9.17, 15) is 14.6 Å². The molecule has 2 aliphatic heterocycles. The number of nitrogens with one attached hydrogen (secondary N) is 1. The maximum absolute atomic E-state index is 14.7. The first-order chi connectivity index (χ1) is 16.8. The Labute approximate surface area is 204 Å². The fourth-order valence-corrected chi connectivity index (χ4v) is 4.77. The van der Waals surface area contributed by atoms with Gasteiger partial charge in [0, 0.05) is 55.6 Å². The summed E-state index contributed by atoms with van der Waals surface area (Å²) >= 11 is 0. The summed E-state index contributed by atoms with van der Waals surface area (Å²) in [6, 6.07) is 4.13. The van der Waals surface area contributed by atoms with Gasteiger partial charge in [-0.05, 0) is 49.8 Å². The molecule has 5 rings (SSSR count). The average Bonchev–Trinajstić information content (AvgIpc) is 2.84. The molecule has 3 aromatic heterocycles. The van der Waals surface area contributed by atoms with E-state index in [-0.39, 0.29) is 19.1 Å². The summed E-state index contributed by atoms with van der Waals surface area (Å²) in [5, 5.41) is 24.9. The van der Waals surface area contributed by atoms with Gasteiger partial charge in [-0.3, -0.25) is 0 Å². The van der Waals surface area contributed by atoms with Gasteiger partial charge in [-0.2, -0.15) is 4.98 Å². The Morgan fingerprint density at radius 2 is 2.00 bits per heavy atom. The van der Waals surface area contributed by atoms with Gasteiger partial charge in [0.15, 0.2) is 5.67 Å². The molecular weight excluding hydrogens is 449 g/mol. The molecule has 9 nitrogen and oxygen atoms in total. The Bertz CT molecular complexity index is 1220. The first-order valence-electron chi connectivity index (χ1n) is 12.1. The van der Waals surface area contributed by atoms with Gasteiger partial charge >= 0.3 is 0 Å². The van der Waals surface area contributed by atoms with E-state index in [0.717, 1.165) is 35.1 Å². The second kappa shape index (κ2) is 9.16. The van der Waals surface area contributed by atoms with Gasteiger partial charge in [0.2, 0.25) is 5.95 Å². The van der Waals surface area contributed by atoms with Crippen molar-refractivity contribution in [2.75, 3.05) is 41.4 Å². The molecule has 2 fully saturated rings. The van der Waals surface area contributed by atoms with E-state index in [1.165, 1.54) is 6.92 Å². The number of aliphatic hydroxyl groups excluding tert-OH is 2. The zero-order chi connectivity index (χ0) is 24.7.